The first-order valence-corrected chi connectivity index (χ1v) is 5.66. The van der Waals surface area contributed by atoms with Crippen LogP contribution in [-0.4, -0.2) is 10.9 Å². The lowest BCUT2D eigenvalue weighted by Crippen LogP contribution is -2.04. The van der Waals surface area contributed by atoms with Gasteiger partial charge >= 0.3 is 0 Å². The number of nitrogens with one attached hydrogen (secondary N) is 1. The highest BCUT2D eigenvalue weighted by molar-refractivity contribution is 7.22. The van der Waals surface area contributed by atoms with Gasteiger partial charge in [0, 0.05) is 6.92 Å². The van der Waals surface area contributed by atoms with E-state index < -0.39 is 0 Å². The molecule has 0 unspecified atom stereocenters. The summed E-state index contributed by atoms with van der Waals surface area (Å²) in [6.45, 7) is 1.44. The zero-order valence-electron chi connectivity index (χ0n) is 7.67. The Morgan fingerprint density at radius 2 is 2.07 bits per heavy atom. The molecule has 0 aliphatic heterocycles. The van der Waals surface area contributed by atoms with Crippen molar-refractivity contribution in [2.45, 2.75) is 6.92 Å². The standard InChI is InChI=1S/C9H6Cl2N2OS/c1-4(14)12-9-13-7-2-5(10)6(11)3-8(7)15-9/h2-3H,1H3,(H,12,13,14). The summed E-state index contributed by atoms with van der Waals surface area (Å²) < 4.78 is 0.896. The van der Waals surface area contributed by atoms with E-state index in [0.717, 1.165) is 10.2 Å². The molecule has 6 heteroatoms. The summed E-state index contributed by atoms with van der Waals surface area (Å²) in [5.74, 6) is -0.147. The van der Waals surface area contributed by atoms with Crippen LogP contribution in [0.25, 0.3) is 10.2 Å². The second kappa shape index (κ2) is 3.96. The summed E-state index contributed by atoms with van der Waals surface area (Å²) in [6.07, 6.45) is 0. The molecule has 15 heavy (non-hydrogen) atoms. The van der Waals surface area contributed by atoms with E-state index >= 15 is 0 Å². The van der Waals surface area contributed by atoms with E-state index in [1.165, 1.54) is 18.3 Å². The molecule has 2 aromatic rings. The van der Waals surface area contributed by atoms with Crippen LogP contribution in [0.1, 0.15) is 6.92 Å². The molecule has 1 N–H and O–H groups in total. The molecule has 0 saturated carbocycles. The number of nitrogens with zero attached hydrogens (tertiary/aromatic N) is 1. The van der Waals surface area contributed by atoms with E-state index in [4.69, 9.17) is 23.2 Å². The van der Waals surface area contributed by atoms with E-state index in [1.807, 2.05) is 0 Å². The van der Waals surface area contributed by atoms with Crippen LogP contribution >= 0.6 is 34.5 Å². The topological polar surface area (TPSA) is 42.0 Å². The fourth-order valence-electron chi connectivity index (χ4n) is 1.13. The van der Waals surface area contributed by atoms with Crippen molar-refractivity contribution in [3.8, 4) is 0 Å². The Kier molecular flexibility index (Phi) is 2.82. The monoisotopic (exact) mass is 260 g/mol. The first-order chi connectivity index (χ1) is 7.06. The number of carbonyl (C=O) groups excluding carboxylic acids is 1. The van der Waals surface area contributed by atoms with Crippen molar-refractivity contribution in [3.05, 3.63) is 22.2 Å². The number of hydrogen-bond donors (Lipinski definition) is 1. The number of amides is 1. The lowest BCUT2D eigenvalue weighted by Gasteiger charge is -1.92. The first kappa shape index (κ1) is 10.7. The highest BCUT2D eigenvalue weighted by Gasteiger charge is 2.07. The molecule has 0 aliphatic rings. The first-order valence-electron chi connectivity index (χ1n) is 4.09. The van der Waals surface area contributed by atoms with E-state index in [0.29, 0.717) is 15.2 Å². The van der Waals surface area contributed by atoms with Crippen molar-refractivity contribution in [2.75, 3.05) is 5.32 Å². The third-order valence-electron chi connectivity index (χ3n) is 1.71. The number of halogens is 2. The third kappa shape index (κ3) is 2.22. The fraction of sp³-hybridized carbons (Fsp3) is 0.111. The molecular formula is C9H6Cl2N2OS. The number of thiazole rings is 1. The van der Waals surface area contributed by atoms with Gasteiger partial charge in [-0.3, -0.25) is 4.79 Å². The molecule has 1 aromatic carbocycles. The van der Waals surface area contributed by atoms with Crippen LogP contribution in [0.5, 0.6) is 0 Å². The average Bonchev–Trinajstić information content (AvgIpc) is 2.46. The second-order valence-electron chi connectivity index (χ2n) is 2.93. The van der Waals surface area contributed by atoms with Crippen LogP contribution in [0.3, 0.4) is 0 Å². The Morgan fingerprint density at radius 1 is 1.40 bits per heavy atom. The van der Waals surface area contributed by atoms with Gasteiger partial charge in [-0.25, -0.2) is 4.98 Å². The average molecular weight is 261 g/mol. The third-order valence-corrected chi connectivity index (χ3v) is 3.37. The SMILES string of the molecule is CC(=O)Nc1nc2cc(Cl)c(Cl)cc2s1. The van der Waals surface area contributed by atoms with Gasteiger partial charge in [-0.15, -0.1) is 0 Å². The Labute approximate surface area is 100 Å². The molecule has 2 rings (SSSR count). The van der Waals surface area contributed by atoms with Gasteiger partial charge in [-0.05, 0) is 12.1 Å². The van der Waals surface area contributed by atoms with Crippen molar-refractivity contribution in [1.29, 1.82) is 0 Å². The fourth-order valence-corrected chi connectivity index (χ4v) is 2.45. The molecule has 0 spiro atoms. The van der Waals surface area contributed by atoms with E-state index in [9.17, 15) is 4.79 Å². The molecule has 0 bridgehead atoms. The predicted octanol–water partition coefficient (Wildman–Crippen LogP) is 3.56. The van der Waals surface area contributed by atoms with E-state index in [-0.39, 0.29) is 5.91 Å². The quantitative estimate of drug-likeness (QED) is 0.852. The van der Waals surface area contributed by atoms with Crippen LogP contribution in [-0.2, 0) is 4.79 Å². The second-order valence-corrected chi connectivity index (χ2v) is 4.78. The van der Waals surface area contributed by atoms with Crippen molar-refractivity contribution in [2.24, 2.45) is 0 Å². The van der Waals surface area contributed by atoms with Gasteiger partial charge in [0.1, 0.15) is 0 Å². The van der Waals surface area contributed by atoms with Crippen molar-refractivity contribution < 1.29 is 4.79 Å². The Morgan fingerprint density at radius 3 is 2.73 bits per heavy atom. The number of fused-ring (bicyclic) bond motifs is 1. The summed E-state index contributed by atoms with van der Waals surface area (Å²) in [4.78, 5) is 15.0. The summed E-state index contributed by atoms with van der Waals surface area (Å²) >= 11 is 13.1. The van der Waals surface area contributed by atoms with Gasteiger partial charge in [-0.2, -0.15) is 0 Å². The van der Waals surface area contributed by atoms with Crippen LogP contribution in [0.4, 0.5) is 5.13 Å². The van der Waals surface area contributed by atoms with Gasteiger partial charge in [0.05, 0.1) is 20.3 Å². The largest absolute Gasteiger partial charge is 0.302 e. The predicted molar refractivity (Wildman–Crippen MR) is 63.9 cm³/mol. The summed E-state index contributed by atoms with van der Waals surface area (Å²) in [5.41, 5.74) is 0.734. The lowest BCUT2D eigenvalue weighted by atomic mass is 10.3. The molecule has 1 aromatic heterocycles. The van der Waals surface area contributed by atoms with Crippen LogP contribution < -0.4 is 5.32 Å². The molecule has 0 fully saturated rings. The Balaban J connectivity index is 2.51. The number of hydrogen-bond acceptors (Lipinski definition) is 3. The normalized spacial score (nSPS) is 10.6. The maximum Gasteiger partial charge on any atom is 0.223 e. The number of rotatable bonds is 1. The molecule has 0 radical (unpaired) electrons. The van der Waals surface area contributed by atoms with Gasteiger partial charge in [0.15, 0.2) is 5.13 Å². The van der Waals surface area contributed by atoms with Gasteiger partial charge in [-0.1, -0.05) is 34.5 Å². The minimum atomic E-state index is -0.147. The van der Waals surface area contributed by atoms with Crippen molar-refractivity contribution >= 4 is 55.8 Å². The van der Waals surface area contributed by atoms with E-state index in [2.05, 4.69) is 10.3 Å². The Bertz CT molecular complexity index is 499. The van der Waals surface area contributed by atoms with Gasteiger partial charge < -0.3 is 5.32 Å². The summed E-state index contributed by atoms with van der Waals surface area (Å²) in [5, 5.41) is 4.12. The number of aromatic nitrogens is 1. The van der Waals surface area contributed by atoms with Gasteiger partial charge in [0.2, 0.25) is 5.91 Å². The maximum absolute atomic E-state index is 10.8. The van der Waals surface area contributed by atoms with Crippen molar-refractivity contribution in [3.63, 3.8) is 0 Å². The minimum Gasteiger partial charge on any atom is -0.302 e. The molecule has 1 heterocycles. The number of carbonyl (C=O) groups is 1. The van der Waals surface area contributed by atoms with E-state index in [1.54, 1.807) is 12.1 Å². The molecule has 0 aliphatic carbocycles. The number of anilines is 1. The Hall–Kier alpha value is -0.840. The van der Waals surface area contributed by atoms with Crippen LogP contribution in [0.15, 0.2) is 12.1 Å². The molecule has 0 atom stereocenters. The molecule has 78 valence electrons. The van der Waals surface area contributed by atoms with Crippen LogP contribution in [0.2, 0.25) is 10.0 Å². The molecular weight excluding hydrogens is 255 g/mol. The lowest BCUT2D eigenvalue weighted by molar-refractivity contribution is -0.114. The summed E-state index contributed by atoms with van der Waals surface area (Å²) in [7, 11) is 0. The highest BCUT2D eigenvalue weighted by Crippen LogP contribution is 2.32. The van der Waals surface area contributed by atoms with Crippen molar-refractivity contribution in [1.82, 2.24) is 4.98 Å². The summed E-state index contributed by atoms with van der Waals surface area (Å²) in [6, 6.07) is 3.42. The van der Waals surface area contributed by atoms with Gasteiger partial charge in [0.25, 0.3) is 0 Å². The van der Waals surface area contributed by atoms with Crippen LogP contribution in [0, 0.1) is 0 Å². The highest BCUT2D eigenvalue weighted by atomic mass is 35.5. The minimum absolute atomic E-state index is 0.147. The zero-order chi connectivity index (χ0) is 11.0. The molecule has 0 saturated heterocycles. The molecule has 1 amide bonds. The zero-order valence-corrected chi connectivity index (χ0v) is 10.0. The maximum atomic E-state index is 10.8. The smallest absolute Gasteiger partial charge is 0.223 e. The molecule has 3 nitrogen and oxygen atoms in total. The number of benzene rings is 1.